The number of nitrogens with two attached hydrogens (primary N) is 1. The Bertz CT molecular complexity index is 632. The maximum Gasteiger partial charge on any atom is 0.337 e. The minimum atomic E-state index is -0.314. The lowest BCUT2D eigenvalue weighted by Gasteiger charge is -2.29. The Hall–Kier alpha value is -1.66. The number of hydrogen-bond acceptors (Lipinski definition) is 6. The molecule has 20 heavy (non-hydrogen) atoms. The van der Waals surface area contributed by atoms with Crippen molar-refractivity contribution in [3.8, 4) is 0 Å². The molecule has 0 aliphatic carbocycles. The van der Waals surface area contributed by atoms with Crippen LogP contribution in [-0.2, 0) is 4.74 Å². The Morgan fingerprint density at radius 2 is 2.20 bits per heavy atom. The van der Waals surface area contributed by atoms with Crippen molar-refractivity contribution < 1.29 is 9.53 Å². The van der Waals surface area contributed by atoms with Gasteiger partial charge >= 0.3 is 5.97 Å². The molecule has 0 atom stereocenters. The molecule has 6 heteroatoms. The highest BCUT2D eigenvalue weighted by Gasteiger charge is 2.19. The van der Waals surface area contributed by atoms with Crippen molar-refractivity contribution in [2.24, 2.45) is 5.73 Å². The minimum Gasteiger partial charge on any atom is -0.465 e. The molecule has 106 valence electrons. The van der Waals surface area contributed by atoms with Crippen molar-refractivity contribution in [3.05, 3.63) is 23.8 Å². The molecule has 2 heterocycles. The van der Waals surface area contributed by atoms with Gasteiger partial charge in [-0.05, 0) is 31.0 Å². The van der Waals surface area contributed by atoms with Crippen molar-refractivity contribution in [2.75, 3.05) is 25.1 Å². The smallest absolute Gasteiger partial charge is 0.337 e. The number of aromatic nitrogens is 1. The van der Waals surface area contributed by atoms with E-state index in [-0.39, 0.29) is 5.97 Å². The minimum absolute atomic E-state index is 0.312. The van der Waals surface area contributed by atoms with Crippen LogP contribution in [0.4, 0.5) is 5.13 Å². The highest BCUT2D eigenvalue weighted by molar-refractivity contribution is 7.22. The van der Waals surface area contributed by atoms with Crippen LogP contribution in [0.1, 0.15) is 23.2 Å². The molecule has 0 amide bonds. The normalized spacial score (nSPS) is 16.6. The van der Waals surface area contributed by atoms with Crippen molar-refractivity contribution in [2.45, 2.75) is 18.9 Å². The quantitative estimate of drug-likeness (QED) is 0.857. The number of benzene rings is 1. The Labute approximate surface area is 121 Å². The third-order valence-corrected chi connectivity index (χ3v) is 4.69. The largest absolute Gasteiger partial charge is 0.465 e. The SMILES string of the molecule is COC(=O)c1ccc2nc(N3CCC(N)CC3)sc2c1. The highest BCUT2D eigenvalue weighted by Crippen LogP contribution is 2.31. The number of fused-ring (bicyclic) bond motifs is 1. The van der Waals surface area contributed by atoms with E-state index >= 15 is 0 Å². The summed E-state index contributed by atoms with van der Waals surface area (Å²) in [6, 6.07) is 5.78. The molecular weight excluding hydrogens is 274 g/mol. The second-order valence-electron chi connectivity index (χ2n) is 5.00. The fourth-order valence-electron chi connectivity index (χ4n) is 2.38. The number of carbonyl (C=O) groups is 1. The Balaban J connectivity index is 1.88. The van der Waals surface area contributed by atoms with Gasteiger partial charge in [-0.15, -0.1) is 0 Å². The van der Waals surface area contributed by atoms with E-state index in [1.54, 1.807) is 17.4 Å². The summed E-state index contributed by atoms with van der Waals surface area (Å²) in [4.78, 5) is 18.4. The number of carbonyl (C=O) groups excluding carboxylic acids is 1. The molecule has 0 saturated carbocycles. The van der Waals surface area contributed by atoms with Gasteiger partial charge in [0, 0.05) is 19.1 Å². The third kappa shape index (κ3) is 2.48. The predicted molar refractivity (Wildman–Crippen MR) is 80.4 cm³/mol. The molecule has 1 fully saturated rings. The summed E-state index contributed by atoms with van der Waals surface area (Å²) in [6.45, 7) is 1.90. The monoisotopic (exact) mass is 291 g/mol. The number of methoxy groups -OCH3 is 1. The van der Waals surface area contributed by atoms with Crippen molar-refractivity contribution >= 4 is 32.7 Å². The number of anilines is 1. The van der Waals surface area contributed by atoms with Crippen LogP contribution in [0.3, 0.4) is 0 Å². The van der Waals surface area contributed by atoms with E-state index in [2.05, 4.69) is 9.88 Å². The van der Waals surface area contributed by atoms with Crippen molar-refractivity contribution in [3.63, 3.8) is 0 Å². The summed E-state index contributed by atoms with van der Waals surface area (Å²) in [5.74, 6) is -0.314. The van der Waals surface area contributed by atoms with Gasteiger partial charge in [0.05, 0.1) is 22.9 Å². The molecule has 2 aromatic rings. The fraction of sp³-hybridized carbons (Fsp3) is 0.429. The van der Waals surface area contributed by atoms with Crippen LogP contribution in [0.15, 0.2) is 18.2 Å². The summed E-state index contributed by atoms with van der Waals surface area (Å²) in [6.07, 6.45) is 2.01. The number of piperidine rings is 1. The van der Waals surface area contributed by atoms with Gasteiger partial charge in [0.2, 0.25) is 0 Å². The first-order valence-electron chi connectivity index (χ1n) is 6.67. The molecule has 5 nitrogen and oxygen atoms in total. The first-order valence-corrected chi connectivity index (χ1v) is 7.48. The van der Waals surface area contributed by atoms with Crippen molar-refractivity contribution in [1.29, 1.82) is 0 Å². The first-order chi connectivity index (χ1) is 9.67. The average molecular weight is 291 g/mol. The van der Waals surface area contributed by atoms with Gasteiger partial charge in [-0.3, -0.25) is 0 Å². The lowest BCUT2D eigenvalue weighted by molar-refractivity contribution is 0.0601. The fourth-order valence-corrected chi connectivity index (χ4v) is 3.44. The second-order valence-corrected chi connectivity index (χ2v) is 6.00. The van der Waals surface area contributed by atoms with Gasteiger partial charge in [0.15, 0.2) is 5.13 Å². The molecule has 1 aliphatic rings. The summed E-state index contributed by atoms with van der Waals surface area (Å²) in [7, 11) is 1.39. The van der Waals surface area contributed by atoms with Gasteiger partial charge in [-0.2, -0.15) is 0 Å². The molecular formula is C14H17N3O2S. The van der Waals surface area contributed by atoms with Gasteiger partial charge in [-0.25, -0.2) is 9.78 Å². The van der Waals surface area contributed by atoms with E-state index in [1.807, 2.05) is 12.1 Å². The topological polar surface area (TPSA) is 68.5 Å². The lowest BCUT2D eigenvalue weighted by atomic mass is 10.1. The van der Waals surface area contributed by atoms with E-state index in [0.29, 0.717) is 11.6 Å². The zero-order valence-corrected chi connectivity index (χ0v) is 12.2. The zero-order valence-electron chi connectivity index (χ0n) is 11.3. The average Bonchev–Trinajstić information content (AvgIpc) is 2.90. The Kier molecular flexibility index (Phi) is 3.58. The molecule has 1 aliphatic heterocycles. The molecule has 1 aromatic heterocycles. The predicted octanol–water partition coefficient (Wildman–Crippen LogP) is 2.01. The standard InChI is InChI=1S/C14H17N3O2S/c1-19-13(18)9-2-3-11-12(8-9)20-14(16-11)17-6-4-10(15)5-7-17/h2-3,8,10H,4-7,15H2,1H3. The van der Waals surface area contributed by atoms with Crippen LogP contribution >= 0.6 is 11.3 Å². The molecule has 0 radical (unpaired) electrons. The highest BCUT2D eigenvalue weighted by atomic mass is 32.1. The molecule has 0 spiro atoms. The van der Waals surface area contributed by atoms with E-state index in [1.165, 1.54) is 7.11 Å². The van der Waals surface area contributed by atoms with E-state index in [4.69, 9.17) is 10.5 Å². The molecule has 0 unspecified atom stereocenters. The summed E-state index contributed by atoms with van der Waals surface area (Å²) >= 11 is 1.61. The third-order valence-electron chi connectivity index (χ3n) is 3.61. The van der Waals surface area contributed by atoms with Gasteiger partial charge in [0.25, 0.3) is 0 Å². The first kappa shape index (κ1) is 13.3. The van der Waals surface area contributed by atoms with E-state index in [9.17, 15) is 4.79 Å². The maximum atomic E-state index is 11.5. The number of nitrogens with zero attached hydrogens (tertiary/aromatic N) is 2. The number of hydrogen-bond donors (Lipinski definition) is 1. The van der Waals surface area contributed by atoms with Gasteiger partial charge in [0.1, 0.15) is 0 Å². The zero-order chi connectivity index (χ0) is 14.1. The molecule has 3 rings (SSSR count). The van der Waals surface area contributed by atoms with Crippen LogP contribution in [-0.4, -0.2) is 37.2 Å². The summed E-state index contributed by atoms with van der Waals surface area (Å²) in [5.41, 5.74) is 7.41. The van der Waals surface area contributed by atoms with Crippen LogP contribution < -0.4 is 10.6 Å². The number of rotatable bonds is 2. The van der Waals surface area contributed by atoms with E-state index in [0.717, 1.165) is 41.3 Å². The van der Waals surface area contributed by atoms with Crippen molar-refractivity contribution in [1.82, 2.24) is 4.98 Å². The molecule has 0 bridgehead atoms. The molecule has 1 aromatic carbocycles. The Morgan fingerprint density at radius 1 is 1.45 bits per heavy atom. The number of thiazole rings is 1. The van der Waals surface area contributed by atoms with Crippen LogP contribution in [0, 0.1) is 0 Å². The summed E-state index contributed by atoms with van der Waals surface area (Å²) < 4.78 is 5.75. The maximum absolute atomic E-state index is 11.5. The van der Waals surface area contributed by atoms with Crippen LogP contribution in [0.5, 0.6) is 0 Å². The van der Waals surface area contributed by atoms with Crippen LogP contribution in [0.2, 0.25) is 0 Å². The van der Waals surface area contributed by atoms with Crippen LogP contribution in [0.25, 0.3) is 10.2 Å². The van der Waals surface area contributed by atoms with Gasteiger partial charge in [-0.1, -0.05) is 11.3 Å². The lowest BCUT2D eigenvalue weighted by Crippen LogP contribution is -2.39. The number of esters is 1. The molecule has 1 saturated heterocycles. The van der Waals surface area contributed by atoms with E-state index < -0.39 is 0 Å². The summed E-state index contributed by atoms with van der Waals surface area (Å²) in [5, 5.41) is 1.01. The van der Waals surface area contributed by atoms with Gasteiger partial charge < -0.3 is 15.4 Å². The Morgan fingerprint density at radius 3 is 2.90 bits per heavy atom. The second kappa shape index (κ2) is 5.38. The number of ether oxygens (including phenoxy) is 1. The molecule has 2 N–H and O–H groups in total.